The Bertz CT molecular complexity index is 698. The molecule has 3 amide bonds. The number of hydrazine groups is 1. The summed E-state index contributed by atoms with van der Waals surface area (Å²) in [6.45, 7) is 1.95. The Balaban J connectivity index is 1.79. The lowest BCUT2D eigenvalue weighted by atomic mass is 9.82. The van der Waals surface area contributed by atoms with E-state index in [0.29, 0.717) is 22.9 Å². The highest BCUT2D eigenvalue weighted by atomic mass is 79.9. The molecule has 1 aromatic carbocycles. The lowest BCUT2D eigenvalue weighted by Crippen LogP contribution is -2.46. The monoisotopic (exact) mass is 362 g/mol. The van der Waals surface area contributed by atoms with Crippen molar-refractivity contribution in [2.75, 3.05) is 0 Å². The zero-order valence-corrected chi connectivity index (χ0v) is 13.6. The molecule has 1 N–H and O–H groups in total. The van der Waals surface area contributed by atoms with Crippen LogP contribution in [0.3, 0.4) is 0 Å². The van der Waals surface area contributed by atoms with Gasteiger partial charge in [-0.3, -0.25) is 19.8 Å². The minimum atomic E-state index is -0.475. The third-order valence-corrected chi connectivity index (χ3v) is 4.85. The standard InChI is InChI=1S/C16H15BrN2O3/c1-9-6-7-10-12(8-9)16(22)19(15(10)21)18-14(20)11-4-2-3-5-13(11)17/h2-6,10,12H,7-8H2,1H3,(H,18,20)/t10-,12+/m1/s1. The predicted octanol–water partition coefficient (Wildman–Crippen LogP) is 2.44. The van der Waals surface area contributed by atoms with E-state index in [1.54, 1.807) is 24.3 Å². The van der Waals surface area contributed by atoms with Gasteiger partial charge in [0.1, 0.15) is 0 Å². The topological polar surface area (TPSA) is 66.5 Å². The van der Waals surface area contributed by atoms with Crippen molar-refractivity contribution < 1.29 is 14.4 Å². The summed E-state index contributed by atoms with van der Waals surface area (Å²) in [5.74, 6) is -1.81. The number of benzene rings is 1. The second-order valence-electron chi connectivity index (χ2n) is 5.64. The van der Waals surface area contributed by atoms with Crippen molar-refractivity contribution in [3.63, 3.8) is 0 Å². The average Bonchev–Trinajstić information content (AvgIpc) is 2.72. The summed E-state index contributed by atoms with van der Waals surface area (Å²) in [4.78, 5) is 37.0. The minimum Gasteiger partial charge on any atom is -0.272 e. The number of imide groups is 1. The highest BCUT2D eigenvalue weighted by Gasteiger charge is 2.49. The van der Waals surface area contributed by atoms with Crippen LogP contribution in [0.25, 0.3) is 0 Å². The zero-order chi connectivity index (χ0) is 15.9. The number of halogens is 1. The summed E-state index contributed by atoms with van der Waals surface area (Å²) in [5.41, 5.74) is 3.94. The van der Waals surface area contributed by atoms with Gasteiger partial charge in [-0.25, -0.2) is 0 Å². The smallest absolute Gasteiger partial charge is 0.271 e. The van der Waals surface area contributed by atoms with Crippen molar-refractivity contribution in [3.8, 4) is 0 Å². The van der Waals surface area contributed by atoms with E-state index in [1.165, 1.54) is 0 Å². The molecule has 0 saturated carbocycles. The molecule has 1 aliphatic heterocycles. The molecule has 1 fully saturated rings. The molecule has 1 aliphatic carbocycles. The van der Waals surface area contributed by atoms with Gasteiger partial charge in [-0.15, -0.1) is 0 Å². The molecule has 114 valence electrons. The number of nitrogens with one attached hydrogen (secondary N) is 1. The maximum absolute atomic E-state index is 12.4. The minimum absolute atomic E-state index is 0.317. The highest BCUT2D eigenvalue weighted by Crippen LogP contribution is 2.36. The Morgan fingerprint density at radius 2 is 1.91 bits per heavy atom. The molecule has 22 heavy (non-hydrogen) atoms. The number of fused-ring (bicyclic) bond motifs is 1. The molecule has 0 radical (unpaired) electrons. The largest absolute Gasteiger partial charge is 0.272 e. The number of allylic oxidation sites excluding steroid dienone is 2. The van der Waals surface area contributed by atoms with Crippen molar-refractivity contribution >= 4 is 33.7 Å². The molecule has 1 heterocycles. The number of hydrogen-bond donors (Lipinski definition) is 1. The van der Waals surface area contributed by atoms with E-state index in [-0.39, 0.29) is 23.7 Å². The molecule has 0 spiro atoms. The van der Waals surface area contributed by atoms with Gasteiger partial charge in [0.2, 0.25) is 0 Å². The molecule has 2 aliphatic rings. The maximum Gasteiger partial charge on any atom is 0.271 e. The van der Waals surface area contributed by atoms with E-state index in [1.807, 2.05) is 13.0 Å². The van der Waals surface area contributed by atoms with Crippen LogP contribution in [0.1, 0.15) is 30.1 Å². The fraction of sp³-hybridized carbons (Fsp3) is 0.312. The van der Waals surface area contributed by atoms with E-state index in [4.69, 9.17) is 0 Å². The number of carbonyl (C=O) groups is 3. The molecule has 5 nitrogen and oxygen atoms in total. The van der Waals surface area contributed by atoms with Crippen molar-refractivity contribution in [2.24, 2.45) is 11.8 Å². The van der Waals surface area contributed by atoms with Gasteiger partial charge in [-0.2, -0.15) is 5.01 Å². The highest BCUT2D eigenvalue weighted by molar-refractivity contribution is 9.10. The predicted molar refractivity (Wildman–Crippen MR) is 83.4 cm³/mol. The van der Waals surface area contributed by atoms with Crippen molar-refractivity contribution in [1.29, 1.82) is 0 Å². The van der Waals surface area contributed by atoms with Gasteiger partial charge in [0.25, 0.3) is 17.7 Å². The van der Waals surface area contributed by atoms with Gasteiger partial charge >= 0.3 is 0 Å². The second kappa shape index (κ2) is 5.68. The Morgan fingerprint density at radius 3 is 2.64 bits per heavy atom. The van der Waals surface area contributed by atoms with Gasteiger partial charge in [0.15, 0.2) is 0 Å². The number of nitrogens with zero attached hydrogens (tertiary/aromatic N) is 1. The number of hydrogen-bond acceptors (Lipinski definition) is 3. The number of carbonyl (C=O) groups excluding carboxylic acids is 3. The fourth-order valence-corrected chi connectivity index (χ4v) is 3.42. The lowest BCUT2D eigenvalue weighted by Gasteiger charge is -2.18. The summed E-state index contributed by atoms with van der Waals surface area (Å²) in [7, 11) is 0. The van der Waals surface area contributed by atoms with E-state index in [0.717, 1.165) is 10.6 Å². The molecule has 1 aromatic rings. The first-order valence-corrected chi connectivity index (χ1v) is 7.87. The summed E-state index contributed by atoms with van der Waals surface area (Å²) in [5, 5.41) is 0.892. The van der Waals surface area contributed by atoms with E-state index in [2.05, 4.69) is 21.4 Å². The quantitative estimate of drug-likeness (QED) is 0.648. The van der Waals surface area contributed by atoms with Crippen molar-refractivity contribution in [3.05, 3.63) is 46.0 Å². The Morgan fingerprint density at radius 1 is 1.23 bits per heavy atom. The molecule has 0 bridgehead atoms. The second-order valence-corrected chi connectivity index (χ2v) is 6.49. The van der Waals surface area contributed by atoms with Gasteiger partial charge in [0, 0.05) is 4.47 Å². The molecule has 2 atom stereocenters. The number of rotatable bonds is 2. The van der Waals surface area contributed by atoms with Gasteiger partial charge < -0.3 is 0 Å². The van der Waals surface area contributed by atoms with Crippen LogP contribution in [0.5, 0.6) is 0 Å². The van der Waals surface area contributed by atoms with Gasteiger partial charge in [-0.05, 0) is 47.8 Å². The zero-order valence-electron chi connectivity index (χ0n) is 12.0. The fourth-order valence-electron chi connectivity index (χ4n) is 2.95. The Hall–Kier alpha value is -1.95. The van der Waals surface area contributed by atoms with Gasteiger partial charge in [-0.1, -0.05) is 23.8 Å². The Labute approximate surface area is 136 Å². The third-order valence-electron chi connectivity index (χ3n) is 4.15. The average molecular weight is 363 g/mol. The van der Waals surface area contributed by atoms with Crippen LogP contribution in [0.4, 0.5) is 0 Å². The lowest BCUT2D eigenvalue weighted by molar-refractivity contribution is -0.142. The van der Waals surface area contributed by atoms with Crippen molar-refractivity contribution in [2.45, 2.75) is 19.8 Å². The summed E-state index contributed by atoms with van der Waals surface area (Å²) in [6.07, 6.45) is 3.13. The molecule has 6 heteroatoms. The normalized spacial score (nSPS) is 24.1. The number of amides is 3. The van der Waals surface area contributed by atoms with Crippen LogP contribution in [0, 0.1) is 11.8 Å². The van der Waals surface area contributed by atoms with E-state index in [9.17, 15) is 14.4 Å². The van der Waals surface area contributed by atoms with Crippen LogP contribution in [-0.4, -0.2) is 22.7 Å². The van der Waals surface area contributed by atoms with Crippen LogP contribution in [0.2, 0.25) is 0 Å². The van der Waals surface area contributed by atoms with Crippen LogP contribution < -0.4 is 5.43 Å². The van der Waals surface area contributed by atoms with E-state index >= 15 is 0 Å². The summed E-state index contributed by atoms with van der Waals surface area (Å²) < 4.78 is 0.613. The molecule has 1 saturated heterocycles. The SMILES string of the molecule is CC1=CC[C@H]2C(=O)N(NC(=O)c3ccccc3Br)C(=O)[C@H]2C1. The molecule has 0 aromatic heterocycles. The van der Waals surface area contributed by atoms with Crippen LogP contribution >= 0.6 is 15.9 Å². The Kier molecular flexibility index (Phi) is 3.87. The molecule has 0 unspecified atom stereocenters. The van der Waals surface area contributed by atoms with Gasteiger partial charge in [0.05, 0.1) is 17.4 Å². The molecular weight excluding hydrogens is 348 g/mol. The first kappa shape index (κ1) is 15.0. The summed E-state index contributed by atoms with van der Waals surface area (Å²) in [6, 6.07) is 6.87. The van der Waals surface area contributed by atoms with E-state index < -0.39 is 5.91 Å². The summed E-state index contributed by atoms with van der Waals surface area (Å²) >= 11 is 3.29. The molecular formula is C16H15BrN2O3. The maximum atomic E-state index is 12.4. The molecule has 3 rings (SSSR count). The van der Waals surface area contributed by atoms with Crippen molar-refractivity contribution in [1.82, 2.24) is 10.4 Å². The first-order valence-electron chi connectivity index (χ1n) is 7.08. The van der Waals surface area contributed by atoms with Crippen LogP contribution in [-0.2, 0) is 9.59 Å². The third kappa shape index (κ3) is 2.47. The first-order chi connectivity index (χ1) is 10.5. The van der Waals surface area contributed by atoms with Crippen LogP contribution in [0.15, 0.2) is 40.4 Å².